The predicted molar refractivity (Wildman–Crippen MR) is 218 cm³/mol. The summed E-state index contributed by atoms with van der Waals surface area (Å²) in [7, 11) is 0. The lowest BCUT2D eigenvalue weighted by Crippen LogP contribution is -2.04. The van der Waals surface area contributed by atoms with Gasteiger partial charge in [-0.25, -0.2) is 9.97 Å². The number of nitrogens with zero attached hydrogens (tertiary/aromatic N) is 4. The summed E-state index contributed by atoms with van der Waals surface area (Å²) in [6, 6.07) is 60.1. The van der Waals surface area contributed by atoms with Crippen molar-refractivity contribution in [2.24, 2.45) is 0 Å². The van der Waals surface area contributed by atoms with E-state index in [9.17, 15) is 0 Å². The maximum Gasteiger partial charge on any atom is 0.165 e. The van der Waals surface area contributed by atoms with Crippen LogP contribution in [0.1, 0.15) is 0 Å². The molecule has 4 heterocycles. The summed E-state index contributed by atoms with van der Waals surface area (Å²) in [4.78, 5) is 10.9. The number of hydrogen-bond acceptors (Lipinski definition) is 3. The van der Waals surface area contributed by atoms with Crippen LogP contribution in [-0.4, -0.2) is 19.1 Å². The fourth-order valence-electron chi connectivity index (χ4n) is 8.52. The highest BCUT2D eigenvalue weighted by atomic mass is 16.3. The first kappa shape index (κ1) is 28.5. The predicted octanol–water partition coefficient (Wildman–Crippen LogP) is 12.5. The molecular formula is C48H28N4O. The largest absolute Gasteiger partial charge is 0.455 e. The van der Waals surface area contributed by atoms with Gasteiger partial charge in [-0.1, -0.05) is 109 Å². The average Bonchev–Trinajstić information content (AvgIpc) is 3.87. The van der Waals surface area contributed by atoms with Crippen LogP contribution in [0.2, 0.25) is 0 Å². The molecule has 53 heavy (non-hydrogen) atoms. The van der Waals surface area contributed by atoms with Crippen LogP contribution in [0, 0.1) is 0 Å². The second-order valence-electron chi connectivity index (χ2n) is 13.8. The second kappa shape index (κ2) is 10.6. The van der Waals surface area contributed by atoms with Crippen molar-refractivity contribution in [1.82, 2.24) is 19.1 Å². The van der Waals surface area contributed by atoms with Gasteiger partial charge in [0.15, 0.2) is 5.82 Å². The highest BCUT2D eigenvalue weighted by Crippen LogP contribution is 2.42. The van der Waals surface area contributed by atoms with E-state index in [1.54, 1.807) is 0 Å². The molecular weight excluding hydrogens is 649 g/mol. The molecule has 4 aromatic heterocycles. The summed E-state index contributed by atoms with van der Waals surface area (Å²) in [6.45, 7) is 0. The van der Waals surface area contributed by atoms with Crippen LogP contribution in [0.3, 0.4) is 0 Å². The van der Waals surface area contributed by atoms with Crippen molar-refractivity contribution in [3.8, 4) is 22.8 Å². The summed E-state index contributed by atoms with van der Waals surface area (Å²) in [5.74, 6) is 0.756. The molecule has 0 atom stereocenters. The van der Waals surface area contributed by atoms with Gasteiger partial charge in [-0.2, -0.15) is 0 Å². The topological polar surface area (TPSA) is 48.8 Å². The Morgan fingerprint density at radius 3 is 1.79 bits per heavy atom. The Bertz CT molecular complexity index is 3420. The highest BCUT2D eigenvalue weighted by molar-refractivity contribution is 6.16. The van der Waals surface area contributed by atoms with E-state index >= 15 is 0 Å². The van der Waals surface area contributed by atoms with Crippen molar-refractivity contribution >= 4 is 87.4 Å². The molecule has 12 aromatic rings. The molecule has 0 aliphatic carbocycles. The smallest absolute Gasteiger partial charge is 0.165 e. The quantitative estimate of drug-likeness (QED) is 0.187. The number of para-hydroxylation sites is 6. The van der Waals surface area contributed by atoms with Gasteiger partial charge in [-0.15, -0.1) is 0 Å². The fourth-order valence-corrected chi connectivity index (χ4v) is 8.52. The molecule has 0 N–H and O–H groups in total. The molecule has 5 heteroatoms. The number of fused-ring (bicyclic) bond motifs is 11. The van der Waals surface area contributed by atoms with Gasteiger partial charge in [-0.3, -0.25) is 4.57 Å². The van der Waals surface area contributed by atoms with Crippen LogP contribution in [0.15, 0.2) is 174 Å². The summed E-state index contributed by atoms with van der Waals surface area (Å²) in [5.41, 5.74) is 10.5. The zero-order valence-electron chi connectivity index (χ0n) is 28.4. The third-order valence-electron chi connectivity index (χ3n) is 10.9. The highest BCUT2D eigenvalue weighted by Gasteiger charge is 2.23. The number of aromatic nitrogens is 4. The zero-order chi connectivity index (χ0) is 34.6. The molecule has 0 radical (unpaired) electrons. The molecule has 246 valence electrons. The average molecular weight is 677 g/mol. The van der Waals surface area contributed by atoms with Crippen molar-refractivity contribution in [2.45, 2.75) is 0 Å². The van der Waals surface area contributed by atoms with E-state index in [4.69, 9.17) is 14.4 Å². The molecule has 0 amide bonds. The van der Waals surface area contributed by atoms with Gasteiger partial charge >= 0.3 is 0 Å². The number of furan rings is 1. The van der Waals surface area contributed by atoms with Gasteiger partial charge in [0.05, 0.1) is 33.1 Å². The second-order valence-corrected chi connectivity index (χ2v) is 13.8. The molecule has 0 spiro atoms. The van der Waals surface area contributed by atoms with Gasteiger partial charge < -0.3 is 8.98 Å². The van der Waals surface area contributed by atoms with Gasteiger partial charge in [0.2, 0.25) is 0 Å². The van der Waals surface area contributed by atoms with E-state index in [2.05, 4.69) is 143 Å². The first-order valence-electron chi connectivity index (χ1n) is 17.9. The van der Waals surface area contributed by atoms with Crippen LogP contribution in [-0.2, 0) is 0 Å². The van der Waals surface area contributed by atoms with Crippen molar-refractivity contribution in [2.75, 3.05) is 0 Å². The minimum Gasteiger partial charge on any atom is -0.455 e. The minimum absolute atomic E-state index is 0.756. The number of rotatable bonds is 3. The maximum atomic E-state index is 6.62. The molecule has 0 aliphatic heterocycles. The minimum atomic E-state index is 0.756. The van der Waals surface area contributed by atoms with E-state index in [0.717, 1.165) is 77.5 Å². The number of benzene rings is 8. The summed E-state index contributed by atoms with van der Waals surface area (Å²) < 4.78 is 11.3. The molecule has 12 rings (SSSR count). The Kier molecular flexibility index (Phi) is 5.71. The maximum absolute atomic E-state index is 6.62. The fraction of sp³-hybridized carbons (Fsp3) is 0. The van der Waals surface area contributed by atoms with Gasteiger partial charge in [0, 0.05) is 43.6 Å². The lowest BCUT2D eigenvalue weighted by atomic mass is 10.1. The van der Waals surface area contributed by atoms with Crippen molar-refractivity contribution in [3.63, 3.8) is 0 Å². The Labute approximate surface area is 302 Å². The lowest BCUT2D eigenvalue weighted by molar-refractivity contribution is 0.669. The van der Waals surface area contributed by atoms with E-state index < -0.39 is 0 Å². The molecule has 0 bridgehead atoms. The van der Waals surface area contributed by atoms with Gasteiger partial charge in [-0.05, 0) is 71.4 Å². The van der Waals surface area contributed by atoms with Crippen molar-refractivity contribution in [3.05, 3.63) is 170 Å². The van der Waals surface area contributed by atoms with Crippen LogP contribution < -0.4 is 0 Å². The third-order valence-corrected chi connectivity index (χ3v) is 10.9. The molecule has 0 fully saturated rings. The van der Waals surface area contributed by atoms with Crippen molar-refractivity contribution in [1.29, 1.82) is 0 Å². The first-order chi connectivity index (χ1) is 26.3. The Morgan fingerprint density at radius 1 is 0.396 bits per heavy atom. The normalized spacial score (nSPS) is 12.2. The zero-order valence-corrected chi connectivity index (χ0v) is 28.4. The molecule has 0 saturated carbocycles. The standard InChI is InChI=1S/C48H28N4O/c1-2-13-30-27-43-38(26-29(30)12-1)34-25-24-31(51-41-21-8-3-14-32(41)33-15-4-9-22-42(33)51)28-44(34)52(43)48-46(49-39-19-6-7-20-40(39)50-48)37-18-11-17-36-35-16-5-10-23-45(35)53-47(36)37/h1-28H. The van der Waals surface area contributed by atoms with E-state index in [1.165, 1.54) is 32.6 Å². The Hall–Kier alpha value is -7.24. The summed E-state index contributed by atoms with van der Waals surface area (Å²) in [6.07, 6.45) is 0. The molecule has 0 saturated heterocycles. The third kappa shape index (κ3) is 4.02. The van der Waals surface area contributed by atoms with Crippen LogP contribution in [0.5, 0.6) is 0 Å². The first-order valence-corrected chi connectivity index (χ1v) is 17.9. The molecule has 0 unspecified atom stereocenters. The summed E-state index contributed by atoms with van der Waals surface area (Å²) in [5, 5.41) is 9.28. The van der Waals surface area contributed by atoms with E-state index in [1.807, 2.05) is 36.4 Å². The van der Waals surface area contributed by atoms with Crippen LogP contribution in [0.25, 0.3) is 110 Å². The van der Waals surface area contributed by atoms with Gasteiger partial charge in [0.1, 0.15) is 16.9 Å². The Morgan fingerprint density at radius 2 is 1.00 bits per heavy atom. The van der Waals surface area contributed by atoms with E-state index in [0.29, 0.717) is 0 Å². The molecule has 5 nitrogen and oxygen atoms in total. The van der Waals surface area contributed by atoms with Crippen LogP contribution in [0.4, 0.5) is 0 Å². The lowest BCUT2D eigenvalue weighted by Gasteiger charge is -2.15. The van der Waals surface area contributed by atoms with Crippen molar-refractivity contribution < 1.29 is 4.42 Å². The molecule has 0 aliphatic rings. The van der Waals surface area contributed by atoms with E-state index in [-0.39, 0.29) is 0 Å². The summed E-state index contributed by atoms with van der Waals surface area (Å²) >= 11 is 0. The SMILES string of the molecule is c1ccc2cc3c(cc2c1)c1ccc(-n2c4ccccc4c4ccccc42)cc1n3-c1nc2ccccc2nc1-c1cccc2c1oc1ccccc12. The Balaban J connectivity index is 1.24. The van der Waals surface area contributed by atoms with Crippen LogP contribution >= 0.6 is 0 Å². The monoisotopic (exact) mass is 676 g/mol. The number of hydrogen-bond donors (Lipinski definition) is 0. The molecule has 8 aromatic carbocycles. The van der Waals surface area contributed by atoms with Gasteiger partial charge in [0.25, 0.3) is 0 Å².